The highest BCUT2D eigenvalue weighted by atomic mass is 16.5. The average molecular weight is 418 g/mol. The largest absolute Gasteiger partial charge is 0.484 e. The van der Waals surface area contributed by atoms with E-state index in [9.17, 15) is 4.79 Å². The monoisotopic (exact) mass is 418 g/mol. The van der Waals surface area contributed by atoms with Crippen LogP contribution in [0.3, 0.4) is 0 Å². The maximum atomic E-state index is 13.0. The van der Waals surface area contributed by atoms with Crippen LogP contribution in [0.1, 0.15) is 12.1 Å². The third-order valence-corrected chi connectivity index (χ3v) is 6.25. The zero-order valence-corrected chi connectivity index (χ0v) is 17.6. The summed E-state index contributed by atoms with van der Waals surface area (Å²) in [6.07, 6.45) is 4.71. The van der Waals surface area contributed by atoms with E-state index in [1.54, 1.807) is 7.11 Å². The molecule has 7 nitrogen and oxygen atoms in total. The van der Waals surface area contributed by atoms with E-state index in [-0.39, 0.29) is 18.1 Å². The van der Waals surface area contributed by atoms with E-state index >= 15 is 0 Å². The molecule has 2 aliphatic heterocycles. The zero-order chi connectivity index (χ0) is 21.3. The molecule has 4 heterocycles. The first-order valence-corrected chi connectivity index (χ1v) is 10.6. The van der Waals surface area contributed by atoms with Crippen molar-refractivity contribution in [2.75, 3.05) is 44.9 Å². The molecule has 0 aliphatic carbocycles. The number of amides is 1. The Bertz CT molecular complexity index is 1070. The Morgan fingerprint density at radius 1 is 1.13 bits per heavy atom. The van der Waals surface area contributed by atoms with E-state index < -0.39 is 0 Å². The zero-order valence-electron chi connectivity index (χ0n) is 17.6. The number of ether oxygens (including phenoxy) is 2. The van der Waals surface area contributed by atoms with Crippen LogP contribution in [0, 0.1) is 0 Å². The lowest BCUT2D eigenvalue weighted by atomic mass is 9.89. The molecule has 0 unspecified atom stereocenters. The van der Waals surface area contributed by atoms with E-state index in [4.69, 9.17) is 9.47 Å². The summed E-state index contributed by atoms with van der Waals surface area (Å²) in [7, 11) is 1.72. The number of nitrogens with zero attached hydrogens (tertiary/aromatic N) is 4. The first-order valence-electron chi connectivity index (χ1n) is 10.6. The summed E-state index contributed by atoms with van der Waals surface area (Å²) in [5, 5.41) is 0. The minimum Gasteiger partial charge on any atom is -0.484 e. The molecular weight excluding hydrogens is 392 g/mol. The van der Waals surface area contributed by atoms with Gasteiger partial charge in [0.15, 0.2) is 12.4 Å². The lowest BCUT2D eigenvalue weighted by molar-refractivity contribution is -0.132. The molecule has 5 rings (SSSR count). The predicted molar refractivity (Wildman–Crippen MR) is 118 cm³/mol. The summed E-state index contributed by atoms with van der Waals surface area (Å²) < 4.78 is 13.3. The third kappa shape index (κ3) is 3.35. The van der Waals surface area contributed by atoms with Gasteiger partial charge in [-0.15, -0.1) is 0 Å². The number of likely N-dealkylation sites (tertiary alicyclic amines) is 1. The number of carbonyl (C=O) groups is 1. The van der Waals surface area contributed by atoms with Crippen LogP contribution in [0.25, 0.3) is 5.82 Å². The number of fused-ring (bicyclic) bond motifs is 4. The molecule has 1 amide bonds. The molecule has 3 aromatic rings. The van der Waals surface area contributed by atoms with Gasteiger partial charge in [-0.3, -0.25) is 4.79 Å². The number of aromatic nitrogens is 2. The van der Waals surface area contributed by atoms with E-state index in [0.717, 1.165) is 30.2 Å². The van der Waals surface area contributed by atoms with Gasteiger partial charge < -0.3 is 23.8 Å². The quantitative estimate of drug-likeness (QED) is 0.616. The summed E-state index contributed by atoms with van der Waals surface area (Å²) in [5.74, 6) is 1.63. The maximum Gasteiger partial charge on any atom is 0.260 e. The molecule has 1 atom stereocenters. The Balaban J connectivity index is 1.43. The fourth-order valence-corrected chi connectivity index (χ4v) is 4.80. The molecular formula is C24H26N4O3. The van der Waals surface area contributed by atoms with Crippen molar-refractivity contribution in [3.8, 4) is 11.6 Å². The van der Waals surface area contributed by atoms with Crippen molar-refractivity contribution in [3.63, 3.8) is 0 Å². The van der Waals surface area contributed by atoms with Gasteiger partial charge >= 0.3 is 0 Å². The standard InChI is InChI=1S/C24H26N4O3/c1-30-16-15-28-20-9-5-12-25-23(20)27-13-6-10-21(27)24(28)11-14-26(18-24)22(29)17-31-19-7-3-2-4-8-19/h2-10,12-13H,11,14-18H2,1H3/t24-/m1/s1. The molecule has 1 fully saturated rings. The van der Waals surface area contributed by atoms with Crippen molar-refractivity contribution >= 4 is 11.6 Å². The molecule has 1 spiro atoms. The smallest absolute Gasteiger partial charge is 0.260 e. The van der Waals surface area contributed by atoms with Gasteiger partial charge in [0.05, 0.1) is 18.0 Å². The molecule has 7 heteroatoms. The Morgan fingerprint density at radius 3 is 2.84 bits per heavy atom. The van der Waals surface area contributed by atoms with E-state index in [2.05, 4.69) is 38.8 Å². The van der Waals surface area contributed by atoms with Crippen LogP contribution in [0.2, 0.25) is 0 Å². The van der Waals surface area contributed by atoms with E-state index in [1.807, 2.05) is 47.5 Å². The number of hydrogen-bond acceptors (Lipinski definition) is 5. The summed E-state index contributed by atoms with van der Waals surface area (Å²) in [5.41, 5.74) is 1.91. The van der Waals surface area contributed by atoms with E-state index in [0.29, 0.717) is 25.4 Å². The summed E-state index contributed by atoms with van der Waals surface area (Å²) in [4.78, 5) is 21.9. The highest BCUT2D eigenvalue weighted by molar-refractivity contribution is 5.79. The number of anilines is 1. The fraction of sp³-hybridized carbons (Fsp3) is 0.333. The normalized spacial score (nSPS) is 19.4. The highest BCUT2D eigenvalue weighted by Gasteiger charge is 2.50. The van der Waals surface area contributed by atoms with Crippen molar-refractivity contribution in [1.82, 2.24) is 14.5 Å². The Labute approximate surface area is 181 Å². The van der Waals surface area contributed by atoms with Crippen molar-refractivity contribution in [2.45, 2.75) is 12.0 Å². The second kappa shape index (κ2) is 8.07. The van der Waals surface area contributed by atoms with Crippen molar-refractivity contribution < 1.29 is 14.3 Å². The lowest BCUT2D eigenvalue weighted by Crippen LogP contribution is -2.54. The fourth-order valence-electron chi connectivity index (χ4n) is 4.80. The Hall–Kier alpha value is -3.32. The first kappa shape index (κ1) is 19.6. The van der Waals surface area contributed by atoms with Crippen LogP contribution in [0.5, 0.6) is 5.75 Å². The molecule has 2 aliphatic rings. The number of pyridine rings is 1. The average Bonchev–Trinajstić information content (AvgIpc) is 3.47. The number of carbonyl (C=O) groups excluding carboxylic acids is 1. The predicted octanol–water partition coefficient (Wildman–Crippen LogP) is 2.85. The molecule has 2 aromatic heterocycles. The van der Waals surface area contributed by atoms with Gasteiger partial charge in [0.1, 0.15) is 11.3 Å². The van der Waals surface area contributed by atoms with Gasteiger partial charge in [-0.2, -0.15) is 0 Å². The second-order valence-electron chi connectivity index (χ2n) is 7.95. The highest BCUT2D eigenvalue weighted by Crippen LogP contribution is 2.46. The van der Waals surface area contributed by atoms with Crippen LogP contribution < -0.4 is 9.64 Å². The maximum absolute atomic E-state index is 13.0. The van der Waals surface area contributed by atoms with Gasteiger partial charge in [-0.05, 0) is 42.8 Å². The first-order chi connectivity index (χ1) is 15.2. The van der Waals surface area contributed by atoms with Crippen molar-refractivity contribution in [3.05, 3.63) is 72.7 Å². The van der Waals surface area contributed by atoms with Gasteiger partial charge in [0, 0.05) is 39.1 Å². The molecule has 0 radical (unpaired) electrons. The van der Waals surface area contributed by atoms with Gasteiger partial charge in [0.2, 0.25) is 0 Å². The molecule has 1 aromatic carbocycles. The van der Waals surface area contributed by atoms with Crippen LogP contribution >= 0.6 is 0 Å². The second-order valence-corrected chi connectivity index (χ2v) is 7.95. The number of hydrogen-bond donors (Lipinski definition) is 0. The van der Waals surface area contributed by atoms with Gasteiger partial charge in [-0.1, -0.05) is 18.2 Å². The van der Waals surface area contributed by atoms with Gasteiger partial charge in [-0.25, -0.2) is 4.98 Å². The molecule has 31 heavy (non-hydrogen) atoms. The van der Waals surface area contributed by atoms with Crippen molar-refractivity contribution in [2.24, 2.45) is 0 Å². The number of methoxy groups -OCH3 is 1. The summed E-state index contributed by atoms with van der Waals surface area (Å²) >= 11 is 0. The molecule has 0 saturated carbocycles. The number of benzene rings is 1. The van der Waals surface area contributed by atoms with Crippen molar-refractivity contribution in [1.29, 1.82) is 0 Å². The molecule has 0 N–H and O–H groups in total. The van der Waals surface area contributed by atoms with Crippen LogP contribution in [0.15, 0.2) is 67.0 Å². The molecule has 0 bridgehead atoms. The minimum absolute atomic E-state index is 0.00232. The third-order valence-electron chi connectivity index (χ3n) is 6.25. The topological polar surface area (TPSA) is 59.8 Å². The van der Waals surface area contributed by atoms with Crippen LogP contribution in [-0.4, -0.2) is 60.3 Å². The van der Waals surface area contributed by atoms with E-state index in [1.165, 1.54) is 0 Å². The number of para-hydroxylation sites is 1. The van der Waals surface area contributed by atoms with Crippen LogP contribution in [0.4, 0.5) is 5.69 Å². The van der Waals surface area contributed by atoms with Gasteiger partial charge in [0.25, 0.3) is 5.91 Å². The molecule has 160 valence electrons. The Morgan fingerprint density at radius 2 is 2.00 bits per heavy atom. The Kier molecular flexibility index (Phi) is 5.11. The SMILES string of the molecule is COCCN1c2cccnc2-n2cccc2[C@]12CCN(C(=O)COc1ccccc1)C2. The summed E-state index contributed by atoms with van der Waals surface area (Å²) in [6.45, 7) is 2.65. The minimum atomic E-state index is -0.319. The lowest BCUT2D eigenvalue weighted by Gasteiger charge is -2.47. The molecule has 1 saturated heterocycles. The number of rotatable bonds is 6. The summed E-state index contributed by atoms with van der Waals surface area (Å²) in [6, 6.07) is 17.7. The van der Waals surface area contributed by atoms with Crippen LogP contribution in [-0.2, 0) is 15.1 Å².